The number of rotatable bonds is 2. The van der Waals surface area contributed by atoms with Gasteiger partial charge in [-0.25, -0.2) is 0 Å². The lowest BCUT2D eigenvalue weighted by Gasteiger charge is -2.39. The maximum atomic E-state index is 2.77. The molecule has 4 aliphatic rings. The number of aromatic nitrogens is 5. The molecule has 16 rings (SSSR count). The minimum absolute atomic E-state index is 0.717. The molecule has 5 aromatic heterocycles. The normalized spacial score (nSPS) is 16.0. The van der Waals surface area contributed by atoms with E-state index < -0.39 is 5.66 Å². The molecule has 0 N–H and O–H groups in total. The summed E-state index contributed by atoms with van der Waals surface area (Å²) in [6.45, 7) is 0. The zero-order valence-electron chi connectivity index (χ0n) is 31.0. The Morgan fingerprint density at radius 2 is 0.828 bits per heavy atom. The largest absolute Gasteiger partial charge is 0.319 e. The first-order valence-corrected chi connectivity index (χ1v) is 20.2. The molecule has 4 aliphatic heterocycles. The van der Waals surface area contributed by atoms with Crippen molar-refractivity contribution >= 4 is 65.7 Å². The summed E-state index contributed by atoms with van der Waals surface area (Å²) in [4.78, 5) is 0. The summed E-state index contributed by atoms with van der Waals surface area (Å²) in [5.41, 5.74) is 20.5. The van der Waals surface area contributed by atoms with E-state index in [-0.39, 0.29) is 0 Å². The zero-order valence-corrected chi connectivity index (χ0v) is 31.0. The van der Waals surface area contributed by atoms with Crippen molar-refractivity contribution in [3.63, 3.8) is 0 Å². The molecule has 0 aliphatic carbocycles. The smallest absolute Gasteiger partial charge is 0.308 e. The van der Waals surface area contributed by atoms with Crippen LogP contribution in [-0.2, 0) is 5.66 Å². The molecule has 0 saturated carbocycles. The standard InChI is InChI=1S/C53H29N5/c1-3-14-30(15-4-1)36-28-44-45-29-37(31-16-5-2-6-17-31)47-35-20-9-12-23-40(35)56-43-27-26-33-32-18-7-10-21-38(32)54-41-24-13-25-42-48(41)53(49(43)50(33)54,58(45)52(47)56)57(44)51-46(36)34-19-8-11-22-39(34)55(42)51/h1-29H/q+2. The van der Waals surface area contributed by atoms with Crippen LogP contribution in [0.25, 0.3) is 116 Å². The van der Waals surface area contributed by atoms with Gasteiger partial charge in [0.25, 0.3) is 0 Å². The summed E-state index contributed by atoms with van der Waals surface area (Å²) < 4.78 is 13.3. The number of hydrogen-bond acceptors (Lipinski definition) is 0. The van der Waals surface area contributed by atoms with Gasteiger partial charge >= 0.3 is 17.0 Å². The fourth-order valence-corrected chi connectivity index (χ4v) is 12.2. The summed E-state index contributed by atoms with van der Waals surface area (Å²) in [6, 6.07) is 66.1. The Labute approximate surface area is 330 Å². The first-order valence-electron chi connectivity index (χ1n) is 20.2. The Morgan fingerprint density at radius 1 is 0.362 bits per heavy atom. The second-order valence-electron chi connectivity index (χ2n) is 16.4. The summed E-state index contributed by atoms with van der Waals surface area (Å²) in [5, 5.41) is 7.68. The molecule has 5 nitrogen and oxygen atoms in total. The highest BCUT2D eigenvalue weighted by Crippen LogP contribution is 2.58. The molecule has 264 valence electrons. The number of nitrogens with zero attached hydrogens (tertiary/aromatic N) is 5. The third kappa shape index (κ3) is 2.80. The first kappa shape index (κ1) is 28.6. The molecule has 0 saturated heterocycles. The average molecular weight is 736 g/mol. The van der Waals surface area contributed by atoms with Crippen molar-refractivity contribution in [2.45, 2.75) is 5.66 Å². The Kier molecular flexibility index (Phi) is 4.57. The topological polar surface area (TPSA) is 22.5 Å². The van der Waals surface area contributed by atoms with E-state index in [1.165, 1.54) is 128 Å². The fraction of sp³-hybridized carbons (Fsp3) is 0.0189. The first-order chi connectivity index (χ1) is 28.8. The van der Waals surface area contributed by atoms with Crippen molar-refractivity contribution in [1.29, 1.82) is 0 Å². The lowest BCUT2D eigenvalue weighted by atomic mass is 9.81. The van der Waals surface area contributed by atoms with Crippen molar-refractivity contribution in [2.24, 2.45) is 0 Å². The van der Waals surface area contributed by atoms with Gasteiger partial charge in [0.15, 0.2) is 11.4 Å². The summed E-state index contributed by atoms with van der Waals surface area (Å²) in [7, 11) is 0. The quantitative estimate of drug-likeness (QED) is 0.158. The second-order valence-corrected chi connectivity index (χ2v) is 16.4. The number of pyridine rings is 2. The molecule has 5 heteroatoms. The third-order valence-corrected chi connectivity index (χ3v) is 14.0. The van der Waals surface area contributed by atoms with Crippen LogP contribution >= 0.6 is 0 Å². The van der Waals surface area contributed by atoms with Crippen molar-refractivity contribution < 1.29 is 9.13 Å². The summed E-state index contributed by atoms with van der Waals surface area (Å²) in [6.07, 6.45) is 0. The average Bonchev–Trinajstić information content (AvgIpc) is 4.01. The van der Waals surface area contributed by atoms with Gasteiger partial charge in [-0.2, -0.15) is 18.3 Å². The Bertz CT molecular complexity index is 3940. The van der Waals surface area contributed by atoms with Crippen LogP contribution in [0.3, 0.4) is 0 Å². The van der Waals surface area contributed by atoms with Crippen molar-refractivity contribution in [2.75, 3.05) is 0 Å². The van der Waals surface area contributed by atoms with Gasteiger partial charge in [-0.3, -0.25) is 0 Å². The molecule has 0 fully saturated rings. The van der Waals surface area contributed by atoms with Gasteiger partial charge < -0.3 is 4.57 Å². The SMILES string of the molecule is c1ccc(-c2cc3[n+]4c5c2c2ccccc2n5-c2cccc5c2C42c4c(ccc6c7ccccc7n-5c46)-n4c5ccccc5c5c(-c6ccccc6)cc-3[n+]2c54)cc1. The molecule has 0 bridgehead atoms. The lowest BCUT2D eigenvalue weighted by Crippen LogP contribution is -2.75. The minimum atomic E-state index is -0.717. The van der Waals surface area contributed by atoms with Crippen LogP contribution in [0.5, 0.6) is 0 Å². The van der Waals surface area contributed by atoms with Crippen LogP contribution < -0.4 is 9.13 Å². The van der Waals surface area contributed by atoms with E-state index in [4.69, 9.17) is 0 Å². The van der Waals surface area contributed by atoms with Crippen LogP contribution in [0.1, 0.15) is 11.1 Å². The lowest BCUT2D eigenvalue weighted by molar-refractivity contribution is -0.920. The predicted octanol–water partition coefficient (Wildman–Crippen LogP) is 11.1. The molecule has 1 spiro atoms. The second kappa shape index (κ2) is 9.26. The van der Waals surface area contributed by atoms with Crippen LogP contribution in [0, 0.1) is 0 Å². The molecule has 0 amide bonds. The van der Waals surface area contributed by atoms with Gasteiger partial charge in [-0.15, -0.1) is 0 Å². The van der Waals surface area contributed by atoms with Gasteiger partial charge in [0.2, 0.25) is 0 Å². The Balaban J connectivity index is 1.28. The molecular weight excluding hydrogens is 707 g/mol. The molecule has 9 heterocycles. The van der Waals surface area contributed by atoms with Crippen LogP contribution in [0.4, 0.5) is 0 Å². The van der Waals surface area contributed by atoms with Crippen molar-refractivity contribution in [1.82, 2.24) is 13.7 Å². The van der Waals surface area contributed by atoms with Crippen LogP contribution in [-0.4, -0.2) is 13.7 Å². The van der Waals surface area contributed by atoms with E-state index in [2.05, 4.69) is 199 Å². The maximum Gasteiger partial charge on any atom is 0.319 e. The minimum Gasteiger partial charge on any atom is -0.308 e. The molecule has 1 unspecified atom stereocenters. The summed E-state index contributed by atoms with van der Waals surface area (Å²) in [5.74, 6) is 0. The van der Waals surface area contributed by atoms with E-state index in [9.17, 15) is 0 Å². The molecule has 1 atom stereocenters. The zero-order chi connectivity index (χ0) is 37.2. The third-order valence-electron chi connectivity index (χ3n) is 14.0. The fourth-order valence-electron chi connectivity index (χ4n) is 12.2. The molecule has 7 aromatic carbocycles. The number of benzene rings is 7. The van der Waals surface area contributed by atoms with Gasteiger partial charge in [0.1, 0.15) is 33.5 Å². The highest BCUT2D eigenvalue weighted by Gasteiger charge is 2.68. The molecule has 12 aromatic rings. The van der Waals surface area contributed by atoms with E-state index in [0.717, 1.165) is 0 Å². The van der Waals surface area contributed by atoms with E-state index in [1.54, 1.807) is 0 Å². The number of hydrogen-bond donors (Lipinski definition) is 0. The Morgan fingerprint density at radius 3 is 1.40 bits per heavy atom. The monoisotopic (exact) mass is 735 g/mol. The van der Waals surface area contributed by atoms with Gasteiger partial charge in [-0.1, -0.05) is 109 Å². The molecular formula is C53H29N5+2. The summed E-state index contributed by atoms with van der Waals surface area (Å²) >= 11 is 0. The maximum absolute atomic E-state index is 2.77. The molecule has 58 heavy (non-hydrogen) atoms. The van der Waals surface area contributed by atoms with Gasteiger partial charge in [-0.05, 0) is 77.9 Å². The van der Waals surface area contributed by atoms with Gasteiger partial charge in [0.05, 0.1) is 27.5 Å². The van der Waals surface area contributed by atoms with Crippen LogP contribution in [0.2, 0.25) is 0 Å². The highest BCUT2D eigenvalue weighted by molar-refractivity contribution is 6.19. The van der Waals surface area contributed by atoms with E-state index >= 15 is 0 Å². The van der Waals surface area contributed by atoms with E-state index in [1.807, 2.05) is 0 Å². The predicted molar refractivity (Wildman–Crippen MR) is 231 cm³/mol. The number of fused-ring (bicyclic) bond motifs is 13. The molecule has 0 radical (unpaired) electrons. The van der Waals surface area contributed by atoms with Crippen molar-refractivity contribution in [3.05, 3.63) is 187 Å². The van der Waals surface area contributed by atoms with Crippen LogP contribution in [0.15, 0.2) is 176 Å². The Hall–Kier alpha value is -7.76. The van der Waals surface area contributed by atoms with Gasteiger partial charge in [0, 0.05) is 32.7 Å². The highest BCUT2D eigenvalue weighted by atomic mass is 15.4. The number of para-hydroxylation sites is 3. The van der Waals surface area contributed by atoms with Crippen molar-refractivity contribution in [3.8, 4) is 50.7 Å². The van der Waals surface area contributed by atoms with E-state index in [0.29, 0.717) is 0 Å².